The van der Waals surface area contributed by atoms with E-state index < -0.39 is 0 Å². The molecule has 1 heterocycles. The van der Waals surface area contributed by atoms with Gasteiger partial charge in [-0.1, -0.05) is 13.8 Å². The Morgan fingerprint density at radius 2 is 2.12 bits per heavy atom. The zero-order chi connectivity index (χ0) is 12.1. The molecule has 16 heavy (non-hydrogen) atoms. The van der Waals surface area contributed by atoms with Gasteiger partial charge in [0.15, 0.2) is 0 Å². The minimum atomic E-state index is 0.587. The number of hydrogen-bond acceptors (Lipinski definition) is 3. The van der Waals surface area contributed by atoms with Gasteiger partial charge in [-0.15, -0.1) is 0 Å². The van der Waals surface area contributed by atoms with Gasteiger partial charge in [-0.2, -0.15) is 0 Å². The largest absolute Gasteiger partial charge is 0.354 e. The van der Waals surface area contributed by atoms with Crippen LogP contribution in [0.4, 0.5) is 5.82 Å². The van der Waals surface area contributed by atoms with E-state index in [1.807, 2.05) is 12.3 Å². The molecule has 0 aliphatic rings. The lowest BCUT2D eigenvalue weighted by Gasteiger charge is -2.26. The van der Waals surface area contributed by atoms with Crippen molar-refractivity contribution in [1.82, 2.24) is 4.98 Å². The summed E-state index contributed by atoms with van der Waals surface area (Å²) in [6.45, 7) is 6.80. The monoisotopic (exact) mass is 349 g/mol. The molecule has 0 aliphatic heterocycles. The van der Waals surface area contributed by atoms with Gasteiger partial charge in [0.1, 0.15) is 5.82 Å². The smallest absolute Gasteiger partial charge is 0.142 e. The molecule has 0 saturated heterocycles. The minimum Gasteiger partial charge on any atom is -0.354 e. The van der Waals surface area contributed by atoms with Crippen molar-refractivity contribution in [2.75, 3.05) is 24.5 Å². The Labute approximate surface area is 114 Å². The van der Waals surface area contributed by atoms with Gasteiger partial charge in [0.25, 0.3) is 0 Å². The molecule has 1 aromatic heterocycles. The Balaban J connectivity index is 2.91. The summed E-state index contributed by atoms with van der Waals surface area (Å²) in [7, 11) is 0. The lowest BCUT2D eigenvalue weighted by molar-refractivity contribution is 0.606. The van der Waals surface area contributed by atoms with Crippen molar-refractivity contribution in [2.24, 2.45) is 11.7 Å². The molecule has 0 radical (unpaired) electrons. The molecule has 0 bridgehead atoms. The maximum Gasteiger partial charge on any atom is 0.142 e. The molecule has 0 amide bonds. The first-order chi connectivity index (χ1) is 7.54. The van der Waals surface area contributed by atoms with Gasteiger partial charge < -0.3 is 10.6 Å². The standard InChI is InChI=1S/C11H17Br2N3/c1-8(2)7-16(4-3-14)11-10(13)5-9(12)6-15-11/h5-6,8H,3-4,7,14H2,1-2H3. The predicted molar refractivity (Wildman–Crippen MR) is 75.7 cm³/mol. The van der Waals surface area contributed by atoms with E-state index in [9.17, 15) is 0 Å². The van der Waals surface area contributed by atoms with Gasteiger partial charge in [0, 0.05) is 30.3 Å². The van der Waals surface area contributed by atoms with E-state index in [1.54, 1.807) is 0 Å². The number of halogens is 2. The second kappa shape index (κ2) is 6.57. The first-order valence-electron chi connectivity index (χ1n) is 5.30. The van der Waals surface area contributed by atoms with Gasteiger partial charge >= 0.3 is 0 Å². The van der Waals surface area contributed by atoms with Crippen LogP contribution in [-0.4, -0.2) is 24.6 Å². The van der Waals surface area contributed by atoms with Crippen LogP contribution in [-0.2, 0) is 0 Å². The van der Waals surface area contributed by atoms with Crippen molar-refractivity contribution in [3.05, 3.63) is 21.2 Å². The van der Waals surface area contributed by atoms with Crippen LogP contribution < -0.4 is 10.6 Å². The molecule has 1 rings (SSSR count). The maximum atomic E-state index is 5.63. The molecule has 0 aromatic carbocycles. The Hall–Kier alpha value is -0.130. The van der Waals surface area contributed by atoms with Crippen molar-refractivity contribution < 1.29 is 0 Å². The topological polar surface area (TPSA) is 42.1 Å². The Morgan fingerprint density at radius 3 is 2.62 bits per heavy atom. The van der Waals surface area contributed by atoms with E-state index in [2.05, 4.69) is 55.6 Å². The van der Waals surface area contributed by atoms with E-state index in [0.717, 1.165) is 27.9 Å². The van der Waals surface area contributed by atoms with Gasteiger partial charge in [-0.25, -0.2) is 4.98 Å². The van der Waals surface area contributed by atoms with Gasteiger partial charge in [-0.05, 0) is 43.8 Å². The summed E-state index contributed by atoms with van der Waals surface area (Å²) in [4.78, 5) is 6.64. The third-order valence-corrected chi connectivity index (χ3v) is 3.09. The summed E-state index contributed by atoms with van der Waals surface area (Å²) < 4.78 is 1.97. The third-order valence-electron chi connectivity index (χ3n) is 2.07. The van der Waals surface area contributed by atoms with Crippen molar-refractivity contribution in [1.29, 1.82) is 0 Å². The summed E-state index contributed by atoms with van der Waals surface area (Å²) in [5.41, 5.74) is 5.63. The second-order valence-electron chi connectivity index (χ2n) is 4.09. The molecule has 5 heteroatoms. The zero-order valence-electron chi connectivity index (χ0n) is 9.58. The van der Waals surface area contributed by atoms with Gasteiger partial charge in [-0.3, -0.25) is 0 Å². The van der Waals surface area contributed by atoms with Crippen molar-refractivity contribution in [2.45, 2.75) is 13.8 Å². The molecule has 1 aromatic rings. The highest BCUT2D eigenvalue weighted by Gasteiger charge is 2.12. The average molecular weight is 351 g/mol. The Kier molecular flexibility index (Phi) is 5.72. The van der Waals surface area contributed by atoms with Crippen molar-refractivity contribution in [3.8, 4) is 0 Å². The Bertz CT molecular complexity index is 342. The fourth-order valence-corrected chi connectivity index (χ4v) is 2.76. The van der Waals surface area contributed by atoms with Crippen LogP contribution in [0.2, 0.25) is 0 Å². The molecule has 90 valence electrons. The minimum absolute atomic E-state index is 0.587. The lowest BCUT2D eigenvalue weighted by Crippen LogP contribution is -2.33. The summed E-state index contributed by atoms with van der Waals surface area (Å²) in [6.07, 6.45) is 1.81. The molecule has 0 atom stereocenters. The van der Waals surface area contributed by atoms with Crippen molar-refractivity contribution >= 4 is 37.7 Å². The van der Waals surface area contributed by atoms with E-state index in [-0.39, 0.29) is 0 Å². The summed E-state index contributed by atoms with van der Waals surface area (Å²) in [6, 6.07) is 2.01. The maximum absolute atomic E-state index is 5.63. The Morgan fingerprint density at radius 1 is 1.44 bits per heavy atom. The molecule has 0 saturated carbocycles. The average Bonchev–Trinajstić information content (AvgIpc) is 2.16. The lowest BCUT2D eigenvalue weighted by atomic mass is 10.2. The van der Waals surface area contributed by atoms with Gasteiger partial charge in [0.05, 0.1) is 4.47 Å². The normalized spacial score (nSPS) is 10.9. The van der Waals surface area contributed by atoms with Gasteiger partial charge in [0.2, 0.25) is 0 Å². The van der Waals surface area contributed by atoms with Crippen LogP contribution in [0.3, 0.4) is 0 Å². The number of hydrogen-bond donors (Lipinski definition) is 1. The van der Waals surface area contributed by atoms with E-state index >= 15 is 0 Å². The van der Waals surface area contributed by atoms with Crippen molar-refractivity contribution in [3.63, 3.8) is 0 Å². The summed E-state index contributed by atoms with van der Waals surface area (Å²) in [5, 5.41) is 0. The van der Waals surface area contributed by atoms with Crippen LogP contribution in [0.15, 0.2) is 21.2 Å². The van der Waals surface area contributed by atoms with E-state index in [4.69, 9.17) is 5.73 Å². The van der Waals surface area contributed by atoms with E-state index in [0.29, 0.717) is 12.5 Å². The first kappa shape index (κ1) is 13.9. The number of nitrogens with two attached hydrogens (primary N) is 1. The molecule has 0 unspecified atom stereocenters. The van der Waals surface area contributed by atoms with E-state index in [1.165, 1.54) is 0 Å². The highest BCUT2D eigenvalue weighted by atomic mass is 79.9. The molecule has 3 nitrogen and oxygen atoms in total. The predicted octanol–water partition coefficient (Wildman–Crippen LogP) is 3.03. The molecular formula is C11H17Br2N3. The van der Waals surface area contributed by atoms with Crippen LogP contribution in [0.1, 0.15) is 13.8 Å². The number of pyridine rings is 1. The highest BCUT2D eigenvalue weighted by Crippen LogP contribution is 2.27. The SMILES string of the molecule is CC(C)CN(CCN)c1ncc(Br)cc1Br. The number of nitrogens with zero attached hydrogens (tertiary/aromatic N) is 2. The quantitative estimate of drug-likeness (QED) is 0.887. The summed E-state index contributed by atoms with van der Waals surface area (Å²) >= 11 is 6.93. The fourth-order valence-electron chi connectivity index (χ4n) is 1.52. The van der Waals surface area contributed by atoms with Crippen LogP contribution in [0.25, 0.3) is 0 Å². The molecule has 0 fully saturated rings. The first-order valence-corrected chi connectivity index (χ1v) is 6.89. The number of aromatic nitrogens is 1. The molecule has 2 N–H and O–H groups in total. The molecule has 0 spiro atoms. The summed E-state index contributed by atoms with van der Waals surface area (Å²) in [5.74, 6) is 1.55. The molecule has 0 aliphatic carbocycles. The zero-order valence-corrected chi connectivity index (χ0v) is 12.8. The fraction of sp³-hybridized carbons (Fsp3) is 0.545. The second-order valence-corrected chi connectivity index (χ2v) is 5.86. The number of anilines is 1. The van der Waals surface area contributed by atoms with Crippen LogP contribution >= 0.6 is 31.9 Å². The van der Waals surface area contributed by atoms with Crippen LogP contribution in [0, 0.1) is 5.92 Å². The molecular weight excluding hydrogens is 334 g/mol. The van der Waals surface area contributed by atoms with Crippen LogP contribution in [0.5, 0.6) is 0 Å². The third kappa shape index (κ3) is 4.03. The highest BCUT2D eigenvalue weighted by molar-refractivity contribution is 9.11. The number of rotatable bonds is 5.